The molecule has 3 aliphatic rings. The van der Waals surface area contributed by atoms with Gasteiger partial charge in [-0.3, -0.25) is 4.79 Å². The Balaban J connectivity index is 2.06. The molecule has 0 radical (unpaired) electrons. The van der Waals surface area contributed by atoms with Crippen molar-refractivity contribution in [3.8, 4) is 0 Å². The Hall–Kier alpha value is -0.320. The van der Waals surface area contributed by atoms with Crippen LogP contribution in [0.25, 0.3) is 0 Å². The van der Waals surface area contributed by atoms with Gasteiger partial charge in [-0.25, -0.2) is 0 Å². The van der Waals surface area contributed by atoms with Crippen LogP contribution in [0.4, 0.5) is 0 Å². The van der Waals surface area contributed by atoms with Gasteiger partial charge in [0.05, 0.1) is 12.1 Å². The summed E-state index contributed by atoms with van der Waals surface area (Å²) in [5, 5.41) is 0. The van der Waals surface area contributed by atoms with Crippen LogP contribution in [0, 0.1) is 0 Å². The maximum absolute atomic E-state index is 11.9. The van der Waals surface area contributed by atoms with Gasteiger partial charge in [0.25, 0.3) is 0 Å². The fourth-order valence-electron chi connectivity index (χ4n) is 3.42. The summed E-state index contributed by atoms with van der Waals surface area (Å²) >= 11 is 2.52. The number of nitrogens with zero attached hydrogens (tertiary/aromatic N) is 1. The van der Waals surface area contributed by atoms with Gasteiger partial charge in [-0.15, -0.1) is 0 Å². The second-order valence-electron chi connectivity index (χ2n) is 4.90. The van der Waals surface area contributed by atoms with E-state index in [1.54, 1.807) is 12.5 Å². The Morgan fingerprint density at radius 3 is 3.06 bits per heavy atom. The normalized spacial score (nSPS) is 36.6. The van der Waals surface area contributed by atoms with Crippen molar-refractivity contribution in [3.63, 3.8) is 0 Å². The minimum absolute atomic E-state index is 0.251. The van der Waals surface area contributed by atoms with Crippen LogP contribution in [0.1, 0.15) is 32.6 Å². The van der Waals surface area contributed by atoms with Gasteiger partial charge < -0.3 is 4.90 Å². The summed E-state index contributed by atoms with van der Waals surface area (Å²) < 4.78 is 0.614. The highest BCUT2D eigenvalue weighted by molar-refractivity contribution is 14.1. The first-order chi connectivity index (χ1) is 7.70. The molecule has 1 aliphatic heterocycles. The van der Waals surface area contributed by atoms with Crippen LogP contribution in [-0.4, -0.2) is 26.8 Å². The molecule has 0 aromatic rings. The van der Waals surface area contributed by atoms with Gasteiger partial charge in [-0.2, -0.15) is 0 Å². The SMILES string of the molecule is CC(=O)N1C2CCC=CC2=C2CCC(I)C21. The smallest absolute Gasteiger partial charge is 0.220 e. The molecule has 1 fully saturated rings. The first kappa shape index (κ1) is 10.8. The quantitative estimate of drug-likeness (QED) is 0.494. The fraction of sp³-hybridized carbons (Fsp3) is 0.615. The van der Waals surface area contributed by atoms with Crippen molar-refractivity contribution in [3.05, 3.63) is 23.3 Å². The fourth-order valence-corrected chi connectivity index (χ4v) is 4.52. The topological polar surface area (TPSA) is 20.3 Å². The predicted molar refractivity (Wildman–Crippen MR) is 72.5 cm³/mol. The standard InChI is InChI=1S/C13H16INO/c1-8(16)15-12-5-3-2-4-9(12)10-6-7-11(14)13(10)15/h2,4,11-13H,3,5-7H2,1H3. The van der Waals surface area contributed by atoms with E-state index in [1.165, 1.54) is 18.4 Å². The first-order valence-electron chi connectivity index (χ1n) is 6.02. The van der Waals surface area contributed by atoms with Gasteiger partial charge in [0.2, 0.25) is 5.91 Å². The van der Waals surface area contributed by atoms with Crippen LogP contribution >= 0.6 is 22.6 Å². The minimum Gasteiger partial charge on any atom is -0.328 e. The van der Waals surface area contributed by atoms with Gasteiger partial charge in [-0.05, 0) is 36.8 Å². The molecule has 1 saturated carbocycles. The van der Waals surface area contributed by atoms with Crippen molar-refractivity contribution in [2.24, 2.45) is 0 Å². The Morgan fingerprint density at radius 1 is 1.50 bits per heavy atom. The number of allylic oxidation sites excluding steroid dienone is 1. The number of carbonyl (C=O) groups is 1. The van der Waals surface area contributed by atoms with Crippen LogP contribution in [-0.2, 0) is 4.79 Å². The van der Waals surface area contributed by atoms with E-state index in [0.29, 0.717) is 16.0 Å². The van der Waals surface area contributed by atoms with Crippen LogP contribution in [0.3, 0.4) is 0 Å². The lowest BCUT2D eigenvalue weighted by Gasteiger charge is -2.32. The molecule has 3 rings (SSSR count). The Bertz CT molecular complexity index is 399. The number of halogens is 1. The van der Waals surface area contributed by atoms with E-state index in [1.807, 2.05) is 0 Å². The lowest BCUT2D eigenvalue weighted by molar-refractivity contribution is -0.131. The number of carbonyl (C=O) groups excluding carboxylic acids is 1. The molecule has 3 heteroatoms. The zero-order chi connectivity index (χ0) is 11.3. The van der Waals surface area contributed by atoms with Gasteiger partial charge in [0.1, 0.15) is 0 Å². The van der Waals surface area contributed by atoms with Crippen molar-refractivity contribution < 1.29 is 4.79 Å². The molecule has 86 valence electrons. The second-order valence-corrected chi connectivity index (χ2v) is 6.50. The van der Waals surface area contributed by atoms with E-state index in [4.69, 9.17) is 0 Å². The molecule has 3 atom stereocenters. The van der Waals surface area contributed by atoms with E-state index in [-0.39, 0.29) is 5.91 Å². The summed E-state index contributed by atoms with van der Waals surface area (Å²) in [6.07, 6.45) is 9.19. The van der Waals surface area contributed by atoms with Gasteiger partial charge in [-0.1, -0.05) is 34.7 Å². The summed E-state index contributed by atoms with van der Waals surface area (Å²) in [5.41, 5.74) is 3.01. The van der Waals surface area contributed by atoms with Crippen molar-refractivity contribution in [1.29, 1.82) is 0 Å². The van der Waals surface area contributed by atoms with Crippen LogP contribution in [0.15, 0.2) is 23.3 Å². The molecule has 2 aliphatic carbocycles. The van der Waals surface area contributed by atoms with Crippen molar-refractivity contribution in [1.82, 2.24) is 4.90 Å². The summed E-state index contributed by atoms with van der Waals surface area (Å²) in [5.74, 6) is 0.251. The number of hydrogen-bond donors (Lipinski definition) is 0. The highest BCUT2D eigenvalue weighted by atomic mass is 127. The van der Waals surface area contributed by atoms with Crippen LogP contribution < -0.4 is 0 Å². The predicted octanol–water partition coefficient (Wildman–Crippen LogP) is 2.83. The van der Waals surface area contributed by atoms with Crippen LogP contribution in [0.5, 0.6) is 0 Å². The highest BCUT2D eigenvalue weighted by Crippen LogP contribution is 2.46. The summed E-state index contributed by atoms with van der Waals surface area (Å²) in [6.45, 7) is 1.72. The maximum Gasteiger partial charge on any atom is 0.220 e. The van der Waals surface area contributed by atoms with Gasteiger partial charge in [0, 0.05) is 10.8 Å². The largest absolute Gasteiger partial charge is 0.328 e. The third-order valence-electron chi connectivity index (χ3n) is 4.02. The molecule has 1 amide bonds. The minimum atomic E-state index is 0.251. The Labute approximate surface area is 110 Å². The number of fused-ring (bicyclic) bond motifs is 2. The summed E-state index contributed by atoms with van der Waals surface area (Å²) in [7, 11) is 0. The summed E-state index contributed by atoms with van der Waals surface area (Å²) in [6, 6.07) is 0.793. The zero-order valence-electron chi connectivity index (χ0n) is 9.45. The molecular weight excluding hydrogens is 313 g/mol. The monoisotopic (exact) mass is 329 g/mol. The lowest BCUT2D eigenvalue weighted by atomic mass is 9.94. The Kier molecular flexibility index (Phi) is 2.61. The molecule has 0 aromatic carbocycles. The average Bonchev–Trinajstić information content (AvgIpc) is 2.77. The molecule has 0 aromatic heterocycles. The van der Waals surface area contributed by atoms with Crippen molar-refractivity contribution in [2.45, 2.75) is 48.6 Å². The molecule has 3 unspecified atom stereocenters. The highest BCUT2D eigenvalue weighted by Gasteiger charge is 2.47. The molecule has 2 nitrogen and oxygen atoms in total. The number of alkyl halides is 1. The van der Waals surface area contributed by atoms with Gasteiger partial charge >= 0.3 is 0 Å². The average molecular weight is 329 g/mol. The van der Waals surface area contributed by atoms with E-state index in [2.05, 4.69) is 39.6 Å². The number of hydrogen-bond acceptors (Lipinski definition) is 1. The lowest BCUT2D eigenvalue weighted by Crippen LogP contribution is -2.44. The summed E-state index contributed by atoms with van der Waals surface area (Å²) in [4.78, 5) is 14.0. The molecule has 0 spiro atoms. The van der Waals surface area contributed by atoms with E-state index >= 15 is 0 Å². The molecular formula is C13H16INO. The number of amides is 1. The molecule has 16 heavy (non-hydrogen) atoms. The van der Waals surface area contributed by atoms with E-state index in [9.17, 15) is 4.79 Å². The number of rotatable bonds is 0. The third kappa shape index (κ3) is 1.40. The molecule has 0 N–H and O–H groups in total. The molecule has 0 saturated heterocycles. The first-order valence-corrected chi connectivity index (χ1v) is 7.27. The van der Waals surface area contributed by atoms with Crippen molar-refractivity contribution in [2.75, 3.05) is 0 Å². The molecule has 0 bridgehead atoms. The van der Waals surface area contributed by atoms with Crippen molar-refractivity contribution >= 4 is 28.5 Å². The van der Waals surface area contributed by atoms with E-state index < -0.39 is 0 Å². The maximum atomic E-state index is 11.9. The Morgan fingerprint density at radius 2 is 2.31 bits per heavy atom. The molecule has 1 heterocycles. The van der Waals surface area contributed by atoms with E-state index in [0.717, 1.165) is 12.8 Å². The third-order valence-corrected chi connectivity index (χ3v) is 5.33. The zero-order valence-corrected chi connectivity index (χ0v) is 11.6. The second kappa shape index (κ2) is 3.86. The van der Waals surface area contributed by atoms with Crippen LogP contribution in [0.2, 0.25) is 0 Å². The van der Waals surface area contributed by atoms with Gasteiger partial charge in [0.15, 0.2) is 0 Å².